The van der Waals surface area contributed by atoms with Gasteiger partial charge in [-0.1, -0.05) is 6.58 Å². The lowest BCUT2D eigenvalue weighted by Crippen LogP contribution is -2.43. The number of benzene rings is 2. The first kappa shape index (κ1) is 26.1. The minimum atomic E-state index is 0.239. The van der Waals surface area contributed by atoms with E-state index in [0.29, 0.717) is 47.0 Å². The highest BCUT2D eigenvalue weighted by atomic mass is 32.1. The van der Waals surface area contributed by atoms with Crippen LogP contribution >= 0.6 is 11.3 Å². The van der Waals surface area contributed by atoms with Crippen LogP contribution in [0.3, 0.4) is 0 Å². The van der Waals surface area contributed by atoms with Crippen LogP contribution in [0, 0.1) is 0 Å². The SMILES string of the molecule is C=C(OCC)c1ccc(N2CCCCC2COc2cc(OC)cc3oc(-c4cn5nc(OC)sc5n4)cc23)cc1. The highest BCUT2D eigenvalue weighted by Crippen LogP contribution is 2.38. The maximum atomic E-state index is 6.50. The fourth-order valence-electron chi connectivity index (χ4n) is 5.13. The van der Waals surface area contributed by atoms with E-state index in [1.54, 1.807) is 18.7 Å². The van der Waals surface area contributed by atoms with Gasteiger partial charge in [0.25, 0.3) is 5.19 Å². The molecule has 9 nitrogen and oxygen atoms in total. The second kappa shape index (κ2) is 11.1. The van der Waals surface area contributed by atoms with Crippen LogP contribution in [0.4, 0.5) is 5.69 Å². The van der Waals surface area contributed by atoms with Gasteiger partial charge in [-0.3, -0.25) is 0 Å². The lowest BCUT2D eigenvalue weighted by atomic mass is 10.0. The summed E-state index contributed by atoms with van der Waals surface area (Å²) in [5.74, 6) is 2.73. The lowest BCUT2D eigenvalue weighted by molar-refractivity contribution is 0.262. The summed E-state index contributed by atoms with van der Waals surface area (Å²) in [6.45, 7) is 8.12. The number of ether oxygens (including phenoxy) is 4. The number of rotatable bonds is 10. The molecule has 1 unspecified atom stereocenters. The summed E-state index contributed by atoms with van der Waals surface area (Å²) in [5, 5.41) is 5.79. The molecule has 0 aliphatic carbocycles. The largest absolute Gasteiger partial charge is 0.496 e. The molecular formula is C30H32N4O5S. The Balaban J connectivity index is 1.24. The van der Waals surface area contributed by atoms with E-state index in [1.807, 2.05) is 31.3 Å². The summed E-state index contributed by atoms with van der Waals surface area (Å²) in [4.78, 5) is 7.83. The summed E-state index contributed by atoms with van der Waals surface area (Å²) >= 11 is 1.37. The third-order valence-corrected chi connectivity index (χ3v) is 8.04. The Morgan fingerprint density at radius 1 is 1.12 bits per heavy atom. The van der Waals surface area contributed by atoms with Crippen LogP contribution in [0.1, 0.15) is 31.7 Å². The van der Waals surface area contributed by atoms with E-state index in [1.165, 1.54) is 23.4 Å². The average molecular weight is 561 g/mol. The number of hydrogen-bond donors (Lipinski definition) is 0. The van der Waals surface area contributed by atoms with Crippen LogP contribution in [0.25, 0.3) is 33.1 Å². The molecule has 0 N–H and O–H groups in total. The predicted molar refractivity (Wildman–Crippen MR) is 157 cm³/mol. The standard InChI is InChI=1S/C30H32N4O5S/c1-5-37-19(2)20-9-11-21(12-10-20)33-13-7-6-8-22(33)18-38-26-14-23(35-3)15-27-24(26)16-28(39-27)25-17-34-29(31-25)40-30(32-34)36-4/h9-12,14-17,22H,2,5-8,13,18H2,1,3-4H3. The first-order valence-electron chi connectivity index (χ1n) is 13.4. The molecule has 0 saturated carbocycles. The molecule has 2 aromatic carbocycles. The number of methoxy groups -OCH3 is 2. The smallest absolute Gasteiger partial charge is 0.294 e. The van der Waals surface area contributed by atoms with Crippen LogP contribution < -0.4 is 19.1 Å². The number of fused-ring (bicyclic) bond motifs is 2. The van der Waals surface area contributed by atoms with Crippen molar-refractivity contribution in [3.8, 4) is 28.1 Å². The summed E-state index contributed by atoms with van der Waals surface area (Å²) < 4.78 is 30.7. The van der Waals surface area contributed by atoms with Crippen molar-refractivity contribution in [2.45, 2.75) is 32.2 Å². The van der Waals surface area contributed by atoms with Gasteiger partial charge in [0.05, 0.1) is 38.5 Å². The van der Waals surface area contributed by atoms with Crippen molar-refractivity contribution in [2.75, 3.05) is 38.9 Å². The molecule has 208 valence electrons. The van der Waals surface area contributed by atoms with Gasteiger partial charge >= 0.3 is 0 Å². The Labute approximate surface area is 236 Å². The van der Waals surface area contributed by atoms with Crippen LogP contribution in [0.5, 0.6) is 16.7 Å². The first-order valence-corrected chi connectivity index (χ1v) is 14.2. The zero-order chi connectivity index (χ0) is 27.6. The lowest BCUT2D eigenvalue weighted by Gasteiger charge is -2.37. The molecule has 3 aromatic heterocycles. The van der Waals surface area contributed by atoms with Crippen LogP contribution in [0.15, 0.2) is 59.7 Å². The van der Waals surface area contributed by atoms with E-state index in [2.05, 4.69) is 45.8 Å². The number of furan rings is 1. The Kier molecular flexibility index (Phi) is 7.25. The van der Waals surface area contributed by atoms with Gasteiger partial charge in [-0.25, -0.2) is 9.50 Å². The molecular weight excluding hydrogens is 528 g/mol. The minimum absolute atomic E-state index is 0.239. The van der Waals surface area contributed by atoms with Crippen molar-refractivity contribution in [3.05, 3.63) is 60.8 Å². The zero-order valence-electron chi connectivity index (χ0n) is 22.9. The molecule has 1 aliphatic rings. The van der Waals surface area contributed by atoms with Gasteiger partial charge in [0.2, 0.25) is 4.96 Å². The van der Waals surface area contributed by atoms with Crippen LogP contribution in [-0.2, 0) is 4.74 Å². The second-order valence-corrected chi connectivity index (χ2v) is 10.5. The maximum absolute atomic E-state index is 6.50. The summed E-state index contributed by atoms with van der Waals surface area (Å²) in [6.07, 6.45) is 5.21. The quantitative estimate of drug-likeness (QED) is 0.175. The van der Waals surface area contributed by atoms with E-state index in [9.17, 15) is 0 Å². The number of hydrogen-bond acceptors (Lipinski definition) is 9. The minimum Gasteiger partial charge on any atom is -0.496 e. The molecule has 1 fully saturated rings. The van der Waals surface area contributed by atoms with E-state index in [-0.39, 0.29) is 6.04 Å². The van der Waals surface area contributed by atoms with Crippen molar-refractivity contribution < 1.29 is 23.4 Å². The fourth-order valence-corrected chi connectivity index (χ4v) is 5.82. The Hall–Kier alpha value is -4.18. The second-order valence-electron chi connectivity index (χ2n) is 9.63. The molecule has 0 bridgehead atoms. The third kappa shape index (κ3) is 5.06. The maximum Gasteiger partial charge on any atom is 0.294 e. The monoisotopic (exact) mass is 560 g/mol. The van der Waals surface area contributed by atoms with Crippen LogP contribution in [-0.4, -0.2) is 54.6 Å². The first-order chi connectivity index (χ1) is 19.6. The Bertz CT molecular complexity index is 1610. The summed E-state index contributed by atoms with van der Waals surface area (Å²) in [6, 6.07) is 14.4. The van der Waals surface area contributed by atoms with E-state index < -0.39 is 0 Å². The van der Waals surface area contributed by atoms with Crippen molar-refractivity contribution in [2.24, 2.45) is 0 Å². The van der Waals surface area contributed by atoms with Gasteiger partial charge in [-0.15, -0.1) is 5.10 Å². The fraction of sp³-hybridized carbons (Fsp3) is 0.333. The van der Waals surface area contributed by atoms with Gasteiger partial charge in [0, 0.05) is 29.9 Å². The Morgan fingerprint density at radius 3 is 2.73 bits per heavy atom. The average Bonchev–Trinajstić information content (AvgIpc) is 3.69. The highest BCUT2D eigenvalue weighted by Gasteiger charge is 2.25. The summed E-state index contributed by atoms with van der Waals surface area (Å²) in [5.41, 5.74) is 3.54. The predicted octanol–water partition coefficient (Wildman–Crippen LogP) is 6.67. The van der Waals surface area contributed by atoms with Crippen molar-refractivity contribution in [1.29, 1.82) is 0 Å². The normalized spacial score (nSPS) is 15.5. The topological polar surface area (TPSA) is 83.5 Å². The van der Waals surface area contributed by atoms with Gasteiger partial charge in [-0.2, -0.15) is 0 Å². The van der Waals surface area contributed by atoms with Gasteiger partial charge in [0.1, 0.15) is 35.1 Å². The van der Waals surface area contributed by atoms with Crippen molar-refractivity contribution >= 4 is 38.7 Å². The Morgan fingerprint density at radius 2 is 1.98 bits per heavy atom. The van der Waals surface area contributed by atoms with Crippen molar-refractivity contribution in [3.63, 3.8) is 0 Å². The number of imidazole rings is 1. The molecule has 10 heteroatoms. The molecule has 40 heavy (non-hydrogen) atoms. The van der Waals surface area contributed by atoms with Gasteiger partial charge in [0.15, 0.2) is 5.76 Å². The molecule has 0 radical (unpaired) electrons. The van der Waals surface area contributed by atoms with E-state index in [4.69, 9.17) is 23.4 Å². The number of anilines is 1. The number of nitrogens with zero attached hydrogens (tertiary/aromatic N) is 4. The van der Waals surface area contributed by atoms with Gasteiger partial charge in [-0.05, 0) is 67.9 Å². The van der Waals surface area contributed by atoms with Crippen molar-refractivity contribution in [1.82, 2.24) is 14.6 Å². The molecule has 0 spiro atoms. The molecule has 1 aliphatic heterocycles. The number of aromatic nitrogens is 3. The molecule has 5 aromatic rings. The summed E-state index contributed by atoms with van der Waals surface area (Å²) in [7, 11) is 3.24. The van der Waals surface area contributed by atoms with Crippen LogP contribution in [0.2, 0.25) is 0 Å². The van der Waals surface area contributed by atoms with E-state index >= 15 is 0 Å². The number of piperidine rings is 1. The molecule has 4 heterocycles. The third-order valence-electron chi connectivity index (χ3n) is 7.16. The molecule has 6 rings (SSSR count). The molecule has 1 atom stereocenters. The van der Waals surface area contributed by atoms with Gasteiger partial charge < -0.3 is 28.3 Å². The zero-order valence-corrected chi connectivity index (χ0v) is 23.7. The highest BCUT2D eigenvalue weighted by molar-refractivity contribution is 7.18. The molecule has 1 saturated heterocycles. The van der Waals surface area contributed by atoms with E-state index in [0.717, 1.165) is 41.0 Å². The molecule has 0 amide bonds.